The van der Waals surface area contributed by atoms with Crippen molar-refractivity contribution in [2.75, 3.05) is 7.11 Å². The van der Waals surface area contributed by atoms with Crippen molar-refractivity contribution < 1.29 is 13.9 Å². The van der Waals surface area contributed by atoms with Gasteiger partial charge in [-0.05, 0) is 30.3 Å². The molecule has 0 bridgehead atoms. The van der Waals surface area contributed by atoms with E-state index in [1.165, 1.54) is 13.4 Å². The molecule has 1 aliphatic heterocycles. The number of carbonyl (C=O) groups excluding carboxylic acids is 1. The number of esters is 1. The number of aromatic amines is 2. The molecule has 4 rings (SSSR count). The van der Waals surface area contributed by atoms with Gasteiger partial charge >= 0.3 is 5.97 Å². The molecule has 1 aromatic carbocycles. The number of aromatic nitrogens is 2. The number of benzene rings is 1. The van der Waals surface area contributed by atoms with Gasteiger partial charge in [-0.3, -0.25) is 20.0 Å². The average Bonchev–Trinajstić information content (AvgIpc) is 3.36. The molecule has 0 aliphatic carbocycles. The van der Waals surface area contributed by atoms with Crippen LogP contribution in [0.15, 0.2) is 50.8 Å². The normalized spacial score (nSPS) is 14.0. The third-order valence-corrected chi connectivity index (χ3v) is 3.95. The molecule has 0 spiro atoms. The summed E-state index contributed by atoms with van der Waals surface area (Å²) in [5, 5.41) is 5.39. The fraction of sp³-hybridized carbons (Fsp3) is 0.0556. The minimum atomic E-state index is -0.419. The number of hydrogen-bond donors (Lipinski definition) is 2. The van der Waals surface area contributed by atoms with E-state index in [-0.39, 0.29) is 5.56 Å². The van der Waals surface area contributed by atoms with E-state index in [1.807, 2.05) is 0 Å². The zero-order chi connectivity index (χ0) is 17.4. The predicted octanol–water partition coefficient (Wildman–Crippen LogP) is 3.01. The molecule has 0 fully saturated rings. The van der Waals surface area contributed by atoms with Gasteiger partial charge in [0, 0.05) is 17.4 Å². The first-order valence-corrected chi connectivity index (χ1v) is 7.50. The summed E-state index contributed by atoms with van der Waals surface area (Å²) in [5.74, 6) is 0.138. The fourth-order valence-electron chi connectivity index (χ4n) is 2.73. The number of furan rings is 1. The van der Waals surface area contributed by atoms with Crippen molar-refractivity contribution in [3.63, 3.8) is 0 Å². The van der Waals surface area contributed by atoms with Crippen LogP contribution in [0, 0.1) is 0 Å². The Morgan fingerprint density at radius 1 is 1.28 bits per heavy atom. The lowest BCUT2D eigenvalue weighted by Gasteiger charge is -2.03. The van der Waals surface area contributed by atoms with Crippen LogP contribution in [0.25, 0.3) is 23.1 Å². The number of nitrogens with one attached hydrogen (secondary N) is 2. The standard InChI is InChI=1S/C18H13N3O4/c1-24-18(23)10-4-5-12-11(9-19-14(12)8-10)7-13-16(20-21-17(13)22)15-3-2-6-25-15/h2-9H,1H3,(H2,20,21,22)/b11-7+. The predicted molar refractivity (Wildman–Crippen MR) is 92.9 cm³/mol. The van der Waals surface area contributed by atoms with Gasteiger partial charge < -0.3 is 9.15 Å². The molecule has 0 saturated heterocycles. The Bertz CT molecular complexity index is 1070. The minimum absolute atomic E-state index is 0.257. The van der Waals surface area contributed by atoms with E-state index in [9.17, 15) is 9.59 Å². The van der Waals surface area contributed by atoms with E-state index < -0.39 is 5.97 Å². The first-order valence-electron chi connectivity index (χ1n) is 7.50. The molecule has 7 nitrogen and oxygen atoms in total. The average molecular weight is 335 g/mol. The second kappa shape index (κ2) is 5.79. The van der Waals surface area contributed by atoms with E-state index in [1.54, 1.807) is 42.6 Å². The van der Waals surface area contributed by atoms with Crippen LogP contribution >= 0.6 is 0 Å². The van der Waals surface area contributed by atoms with Crippen molar-refractivity contribution in [3.05, 3.63) is 63.6 Å². The first-order chi connectivity index (χ1) is 12.2. The highest BCUT2D eigenvalue weighted by molar-refractivity contribution is 6.22. The quantitative estimate of drug-likeness (QED) is 0.718. The molecule has 0 amide bonds. The number of allylic oxidation sites excluding steroid dienone is 1. The molecule has 0 saturated carbocycles. The Labute approximate surface area is 141 Å². The van der Waals surface area contributed by atoms with Crippen LogP contribution in [0.2, 0.25) is 0 Å². The van der Waals surface area contributed by atoms with Gasteiger partial charge in [0.2, 0.25) is 0 Å². The van der Waals surface area contributed by atoms with Crippen LogP contribution in [-0.2, 0) is 4.74 Å². The smallest absolute Gasteiger partial charge is 0.337 e. The lowest BCUT2D eigenvalue weighted by atomic mass is 10.0. The van der Waals surface area contributed by atoms with Crippen LogP contribution in [0.4, 0.5) is 5.69 Å². The van der Waals surface area contributed by atoms with Gasteiger partial charge in [0.1, 0.15) is 5.69 Å². The van der Waals surface area contributed by atoms with Gasteiger partial charge in [0.05, 0.1) is 30.2 Å². The van der Waals surface area contributed by atoms with E-state index in [0.29, 0.717) is 28.3 Å². The molecule has 2 N–H and O–H groups in total. The molecule has 0 atom stereocenters. The molecule has 3 aromatic rings. The lowest BCUT2D eigenvalue weighted by Crippen LogP contribution is -2.02. The summed E-state index contributed by atoms with van der Waals surface area (Å²) in [6.07, 6.45) is 4.93. The van der Waals surface area contributed by atoms with Crippen molar-refractivity contribution in [1.82, 2.24) is 10.2 Å². The number of carbonyl (C=O) groups is 1. The van der Waals surface area contributed by atoms with Crippen LogP contribution in [0.3, 0.4) is 0 Å². The third-order valence-electron chi connectivity index (χ3n) is 3.95. The number of H-pyrrole nitrogens is 2. The lowest BCUT2D eigenvalue weighted by molar-refractivity contribution is 0.0601. The van der Waals surface area contributed by atoms with Crippen molar-refractivity contribution in [2.24, 2.45) is 4.99 Å². The number of aliphatic imine (C=N–C) groups is 1. The highest BCUT2D eigenvalue weighted by Crippen LogP contribution is 2.34. The van der Waals surface area contributed by atoms with Gasteiger partial charge in [-0.2, -0.15) is 0 Å². The molecule has 0 unspecified atom stereocenters. The number of rotatable bonds is 3. The summed E-state index contributed by atoms with van der Waals surface area (Å²) in [5.41, 5.74) is 3.43. The van der Waals surface area contributed by atoms with Crippen molar-refractivity contribution in [1.29, 1.82) is 0 Å². The maximum atomic E-state index is 12.1. The second-order valence-electron chi connectivity index (χ2n) is 5.43. The highest BCUT2D eigenvalue weighted by atomic mass is 16.5. The summed E-state index contributed by atoms with van der Waals surface area (Å²) < 4.78 is 10.1. The molecule has 7 heteroatoms. The molecular formula is C18H13N3O4. The number of ether oxygens (including phenoxy) is 1. The van der Waals surface area contributed by atoms with Crippen molar-refractivity contribution in [2.45, 2.75) is 0 Å². The summed E-state index contributed by atoms with van der Waals surface area (Å²) in [7, 11) is 1.33. The van der Waals surface area contributed by atoms with Gasteiger partial charge in [0.25, 0.3) is 5.56 Å². The summed E-state index contributed by atoms with van der Waals surface area (Å²) in [6.45, 7) is 0. The van der Waals surface area contributed by atoms with Crippen molar-refractivity contribution >= 4 is 29.5 Å². The summed E-state index contributed by atoms with van der Waals surface area (Å²) in [4.78, 5) is 28.1. The Hall–Kier alpha value is -3.61. The second-order valence-corrected chi connectivity index (χ2v) is 5.43. The van der Waals surface area contributed by atoms with Gasteiger partial charge in [-0.25, -0.2) is 4.79 Å². The first kappa shape index (κ1) is 14.9. The van der Waals surface area contributed by atoms with Crippen LogP contribution in [0.1, 0.15) is 21.5 Å². The number of hydrogen-bond acceptors (Lipinski definition) is 5. The summed E-state index contributed by atoms with van der Waals surface area (Å²) in [6, 6.07) is 8.63. The van der Waals surface area contributed by atoms with E-state index in [2.05, 4.69) is 15.2 Å². The van der Waals surface area contributed by atoms with Crippen LogP contribution in [0.5, 0.6) is 0 Å². The molecule has 1 aliphatic rings. The Kier molecular flexibility index (Phi) is 3.46. The molecular weight excluding hydrogens is 322 g/mol. The zero-order valence-corrected chi connectivity index (χ0v) is 13.2. The minimum Gasteiger partial charge on any atom is -0.465 e. The van der Waals surface area contributed by atoms with Gasteiger partial charge in [-0.1, -0.05) is 6.07 Å². The highest BCUT2D eigenvalue weighted by Gasteiger charge is 2.18. The number of fused-ring (bicyclic) bond motifs is 1. The maximum Gasteiger partial charge on any atom is 0.337 e. The SMILES string of the molecule is COC(=O)c1ccc2c(c1)N=C/C2=C\c1c(-c2ccco2)[nH][nH]c1=O. The van der Waals surface area contributed by atoms with Gasteiger partial charge in [0.15, 0.2) is 5.76 Å². The molecule has 0 radical (unpaired) electrons. The van der Waals surface area contributed by atoms with E-state index in [0.717, 1.165) is 11.1 Å². The number of methoxy groups -OCH3 is 1. The Morgan fingerprint density at radius 3 is 2.92 bits per heavy atom. The van der Waals surface area contributed by atoms with E-state index >= 15 is 0 Å². The van der Waals surface area contributed by atoms with Crippen LogP contribution < -0.4 is 5.56 Å². The molecule has 2 aromatic heterocycles. The molecule has 3 heterocycles. The third kappa shape index (κ3) is 2.51. The van der Waals surface area contributed by atoms with Crippen LogP contribution in [-0.4, -0.2) is 29.5 Å². The van der Waals surface area contributed by atoms with Gasteiger partial charge in [-0.15, -0.1) is 0 Å². The Balaban J connectivity index is 1.77. The zero-order valence-electron chi connectivity index (χ0n) is 13.2. The Morgan fingerprint density at radius 2 is 2.16 bits per heavy atom. The maximum absolute atomic E-state index is 12.1. The largest absolute Gasteiger partial charge is 0.465 e. The topological polar surface area (TPSA) is 100 Å². The summed E-state index contributed by atoms with van der Waals surface area (Å²) >= 11 is 0. The van der Waals surface area contributed by atoms with E-state index in [4.69, 9.17) is 9.15 Å². The fourth-order valence-corrected chi connectivity index (χ4v) is 2.73. The molecule has 25 heavy (non-hydrogen) atoms. The monoisotopic (exact) mass is 335 g/mol. The molecule has 124 valence electrons. The number of nitrogens with zero attached hydrogens (tertiary/aromatic N) is 1. The van der Waals surface area contributed by atoms with Crippen molar-refractivity contribution in [3.8, 4) is 11.5 Å².